The fourth-order valence-electron chi connectivity index (χ4n) is 3.32. The summed E-state index contributed by atoms with van der Waals surface area (Å²) in [7, 11) is -3.45. The first-order valence-electron chi connectivity index (χ1n) is 10.3. The number of rotatable bonds is 9. The van der Waals surface area contributed by atoms with Crippen molar-refractivity contribution in [2.24, 2.45) is 0 Å². The Bertz CT molecular complexity index is 1000. The summed E-state index contributed by atoms with van der Waals surface area (Å²) in [5.41, 5.74) is 1.58. The van der Waals surface area contributed by atoms with E-state index in [1.165, 1.54) is 16.4 Å². The third kappa shape index (κ3) is 6.96. The lowest BCUT2D eigenvalue weighted by Gasteiger charge is -2.15. The third-order valence-electron chi connectivity index (χ3n) is 5.08. The van der Waals surface area contributed by atoms with E-state index in [1.807, 2.05) is 0 Å². The van der Waals surface area contributed by atoms with Gasteiger partial charge < -0.3 is 10.1 Å². The molecule has 1 amide bonds. The lowest BCUT2D eigenvalue weighted by Crippen LogP contribution is -2.27. The molecule has 3 rings (SSSR count). The van der Waals surface area contributed by atoms with Gasteiger partial charge in [0.1, 0.15) is 5.75 Å². The van der Waals surface area contributed by atoms with Gasteiger partial charge >= 0.3 is 6.18 Å². The first-order chi connectivity index (χ1) is 15.1. The van der Waals surface area contributed by atoms with Crippen LogP contribution in [0, 0.1) is 0 Å². The number of aryl methyl sites for hydroxylation is 1. The lowest BCUT2D eigenvalue weighted by molar-refractivity contribution is -0.153. The van der Waals surface area contributed by atoms with Gasteiger partial charge in [-0.2, -0.15) is 17.5 Å². The molecule has 1 N–H and O–H groups in total. The van der Waals surface area contributed by atoms with E-state index in [1.54, 1.807) is 36.4 Å². The Morgan fingerprint density at radius 3 is 2.16 bits per heavy atom. The topological polar surface area (TPSA) is 75.7 Å². The zero-order valence-electron chi connectivity index (χ0n) is 17.4. The van der Waals surface area contributed by atoms with E-state index in [-0.39, 0.29) is 29.5 Å². The van der Waals surface area contributed by atoms with Gasteiger partial charge in [-0.05, 0) is 54.7 Å². The summed E-state index contributed by atoms with van der Waals surface area (Å²) in [6, 6.07) is 12.6. The zero-order valence-corrected chi connectivity index (χ0v) is 18.2. The zero-order chi connectivity index (χ0) is 23.2. The van der Waals surface area contributed by atoms with Crippen LogP contribution in [0.5, 0.6) is 5.75 Å². The summed E-state index contributed by atoms with van der Waals surface area (Å²) in [5.74, 6) is -0.0799. The van der Waals surface area contributed by atoms with Crippen LogP contribution >= 0.6 is 0 Å². The predicted octanol–water partition coefficient (Wildman–Crippen LogP) is 3.66. The maximum Gasteiger partial charge on any atom is 0.422 e. The molecule has 0 aromatic heterocycles. The number of benzene rings is 2. The van der Waals surface area contributed by atoms with Gasteiger partial charge in [-0.1, -0.05) is 24.3 Å². The van der Waals surface area contributed by atoms with E-state index in [0.717, 1.165) is 24.0 Å². The molecule has 0 saturated carbocycles. The molecule has 10 heteroatoms. The van der Waals surface area contributed by atoms with Gasteiger partial charge in [0.25, 0.3) is 0 Å². The highest BCUT2D eigenvalue weighted by Crippen LogP contribution is 2.21. The van der Waals surface area contributed by atoms with E-state index in [2.05, 4.69) is 10.1 Å². The van der Waals surface area contributed by atoms with E-state index in [0.29, 0.717) is 19.5 Å². The largest absolute Gasteiger partial charge is 0.484 e. The smallest absolute Gasteiger partial charge is 0.422 e. The molecule has 0 bridgehead atoms. The Balaban J connectivity index is 1.43. The van der Waals surface area contributed by atoms with Gasteiger partial charge in [0.15, 0.2) is 6.61 Å². The van der Waals surface area contributed by atoms with Gasteiger partial charge in [0, 0.05) is 26.1 Å². The molecular weight excluding hydrogens is 445 g/mol. The van der Waals surface area contributed by atoms with Crippen LogP contribution in [0.4, 0.5) is 13.2 Å². The normalized spacial score (nSPS) is 15.0. The number of ether oxygens (including phenoxy) is 1. The van der Waals surface area contributed by atoms with E-state index < -0.39 is 22.8 Å². The van der Waals surface area contributed by atoms with Crippen molar-refractivity contribution in [3.63, 3.8) is 0 Å². The van der Waals surface area contributed by atoms with Crippen molar-refractivity contribution in [3.05, 3.63) is 59.7 Å². The first kappa shape index (κ1) is 24.1. The average molecular weight is 471 g/mol. The maximum atomic E-state index is 12.5. The van der Waals surface area contributed by atoms with Crippen molar-refractivity contribution < 1.29 is 31.1 Å². The molecule has 2 aromatic carbocycles. The first-order valence-corrected chi connectivity index (χ1v) is 11.7. The van der Waals surface area contributed by atoms with Crippen LogP contribution in [0.3, 0.4) is 0 Å². The van der Waals surface area contributed by atoms with E-state index >= 15 is 0 Å². The van der Waals surface area contributed by atoms with Crippen LogP contribution in [-0.2, 0) is 27.8 Å². The number of nitrogens with one attached hydrogen (secondary N) is 1. The Hall–Kier alpha value is -2.59. The second-order valence-electron chi connectivity index (χ2n) is 7.58. The Labute approximate surface area is 185 Å². The summed E-state index contributed by atoms with van der Waals surface area (Å²) in [6.45, 7) is -0.0131. The molecule has 6 nitrogen and oxygen atoms in total. The quantitative estimate of drug-likeness (QED) is 0.607. The summed E-state index contributed by atoms with van der Waals surface area (Å²) in [6.07, 6.45) is -1.95. The Kier molecular flexibility index (Phi) is 7.78. The predicted molar refractivity (Wildman–Crippen MR) is 113 cm³/mol. The maximum absolute atomic E-state index is 12.5. The molecule has 0 spiro atoms. The molecule has 2 aromatic rings. The Morgan fingerprint density at radius 1 is 0.969 bits per heavy atom. The van der Waals surface area contributed by atoms with Crippen LogP contribution in [0.1, 0.15) is 30.4 Å². The van der Waals surface area contributed by atoms with Crippen LogP contribution in [0.15, 0.2) is 53.4 Å². The highest BCUT2D eigenvalue weighted by Gasteiger charge is 2.28. The standard InChI is InChI=1S/C22H25F3N2O4S/c23-22(24,25)16-31-19-8-3-18(4-9-19)15-26-21(28)12-7-17-5-10-20(11-6-17)32(29,30)27-13-1-2-14-27/h3-6,8-11H,1-2,7,12-16H2,(H,26,28). The minimum atomic E-state index is -4.39. The molecule has 0 unspecified atom stereocenters. The summed E-state index contributed by atoms with van der Waals surface area (Å²) in [4.78, 5) is 12.4. The Morgan fingerprint density at radius 2 is 1.56 bits per heavy atom. The number of carbonyl (C=O) groups excluding carboxylic acids is 1. The van der Waals surface area contributed by atoms with Gasteiger partial charge in [-0.25, -0.2) is 8.42 Å². The van der Waals surface area contributed by atoms with Crippen molar-refractivity contribution in [2.75, 3.05) is 19.7 Å². The lowest BCUT2D eigenvalue weighted by atomic mass is 10.1. The average Bonchev–Trinajstić information content (AvgIpc) is 3.31. The highest BCUT2D eigenvalue weighted by molar-refractivity contribution is 7.89. The van der Waals surface area contributed by atoms with Gasteiger partial charge in [0.05, 0.1) is 4.90 Å². The summed E-state index contributed by atoms with van der Waals surface area (Å²) in [5, 5.41) is 2.76. The molecule has 1 fully saturated rings. The monoisotopic (exact) mass is 470 g/mol. The number of hydrogen-bond donors (Lipinski definition) is 1. The minimum absolute atomic E-state index is 0.104. The number of alkyl halides is 3. The second kappa shape index (κ2) is 10.4. The van der Waals surface area contributed by atoms with Crippen LogP contribution in [-0.4, -0.2) is 44.5 Å². The molecule has 0 atom stereocenters. The van der Waals surface area contributed by atoms with Crippen molar-refractivity contribution >= 4 is 15.9 Å². The molecule has 0 aliphatic carbocycles. The molecular formula is C22H25F3N2O4S. The number of carbonyl (C=O) groups is 1. The number of nitrogens with zero attached hydrogens (tertiary/aromatic N) is 1. The summed E-state index contributed by atoms with van der Waals surface area (Å²) >= 11 is 0. The van der Waals surface area contributed by atoms with Crippen LogP contribution < -0.4 is 10.1 Å². The SMILES string of the molecule is O=C(CCc1ccc(S(=O)(=O)N2CCCC2)cc1)NCc1ccc(OCC(F)(F)F)cc1. The molecule has 1 heterocycles. The van der Waals surface area contributed by atoms with Crippen molar-refractivity contribution in [3.8, 4) is 5.75 Å². The minimum Gasteiger partial charge on any atom is -0.484 e. The number of amides is 1. The van der Waals surface area contributed by atoms with E-state index in [4.69, 9.17) is 0 Å². The van der Waals surface area contributed by atoms with Gasteiger partial charge in [-0.3, -0.25) is 4.79 Å². The van der Waals surface area contributed by atoms with Crippen molar-refractivity contribution in [2.45, 2.75) is 43.3 Å². The van der Waals surface area contributed by atoms with Gasteiger partial charge in [-0.15, -0.1) is 0 Å². The molecule has 174 valence electrons. The molecule has 0 radical (unpaired) electrons. The fourth-order valence-corrected chi connectivity index (χ4v) is 4.84. The van der Waals surface area contributed by atoms with Crippen LogP contribution in [0.25, 0.3) is 0 Å². The third-order valence-corrected chi connectivity index (χ3v) is 7.00. The molecule has 1 saturated heterocycles. The number of halogens is 3. The van der Waals surface area contributed by atoms with Crippen LogP contribution in [0.2, 0.25) is 0 Å². The van der Waals surface area contributed by atoms with Gasteiger partial charge in [0.2, 0.25) is 15.9 Å². The van der Waals surface area contributed by atoms with Crippen molar-refractivity contribution in [1.82, 2.24) is 9.62 Å². The summed E-state index contributed by atoms with van der Waals surface area (Å²) < 4.78 is 67.7. The second-order valence-corrected chi connectivity index (χ2v) is 9.52. The molecule has 1 aliphatic rings. The molecule has 32 heavy (non-hydrogen) atoms. The number of hydrogen-bond acceptors (Lipinski definition) is 4. The molecule has 1 aliphatic heterocycles. The van der Waals surface area contributed by atoms with Crippen molar-refractivity contribution in [1.29, 1.82) is 0 Å². The highest BCUT2D eigenvalue weighted by atomic mass is 32.2. The fraction of sp³-hybridized carbons (Fsp3) is 0.409. The number of sulfonamides is 1. The van der Waals surface area contributed by atoms with E-state index in [9.17, 15) is 26.4 Å².